The first-order valence-corrected chi connectivity index (χ1v) is 13.5. The first kappa shape index (κ1) is 28.2. The molecule has 1 heterocycles. The van der Waals surface area contributed by atoms with E-state index in [1.165, 1.54) is 11.8 Å². The van der Waals surface area contributed by atoms with Gasteiger partial charge in [-0.2, -0.15) is 0 Å². The molecule has 0 saturated carbocycles. The predicted molar refractivity (Wildman–Crippen MR) is 153 cm³/mol. The van der Waals surface area contributed by atoms with Crippen molar-refractivity contribution in [1.29, 1.82) is 0 Å². The maximum Gasteiger partial charge on any atom is 0.319 e. The quantitative estimate of drug-likeness (QED) is 0.294. The van der Waals surface area contributed by atoms with E-state index in [2.05, 4.69) is 16.0 Å². The molecule has 0 radical (unpaired) electrons. The number of urea groups is 1. The van der Waals surface area contributed by atoms with Crippen LogP contribution in [0.3, 0.4) is 0 Å². The average Bonchev–Trinajstić information content (AvgIpc) is 3.04. The number of aliphatic hydroxyl groups excluding tert-OH is 1. The number of fused-ring (bicyclic) bond motifs is 1. The van der Waals surface area contributed by atoms with E-state index in [1.54, 1.807) is 18.7 Å². The van der Waals surface area contributed by atoms with Crippen LogP contribution in [0.2, 0.25) is 0 Å². The predicted octanol–water partition coefficient (Wildman–Crippen LogP) is 3.28. The highest BCUT2D eigenvalue weighted by Gasteiger charge is 2.34. The van der Waals surface area contributed by atoms with E-state index in [9.17, 15) is 14.4 Å². The Kier molecular flexibility index (Phi) is 8.90. The molecule has 6 N–H and O–H groups in total. The third kappa shape index (κ3) is 7.17. The summed E-state index contributed by atoms with van der Waals surface area (Å²) >= 11 is 1.32. The Balaban J connectivity index is 1.54. The number of rotatable bonds is 8. The molecule has 10 heteroatoms. The van der Waals surface area contributed by atoms with Crippen molar-refractivity contribution in [2.45, 2.75) is 42.7 Å². The fourth-order valence-electron chi connectivity index (χ4n) is 4.10. The monoisotopic (exact) mass is 547 g/mol. The van der Waals surface area contributed by atoms with Gasteiger partial charge in [0.05, 0.1) is 17.8 Å². The minimum atomic E-state index is -1.11. The van der Waals surface area contributed by atoms with Crippen LogP contribution in [0.4, 0.5) is 10.5 Å². The minimum Gasteiger partial charge on any atom is -0.395 e. The number of anilines is 1. The summed E-state index contributed by atoms with van der Waals surface area (Å²) in [5.74, 6) is -0.587. The first-order chi connectivity index (χ1) is 18.7. The van der Waals surface area contributed by atoms with Gasteiger partial charge in [-0.25, -0.2) is 4.79 Å². The molecule has 1 aliphatic heterocycles. The normalized spacial score (nSPS) is 15.2. The summed E-state index contributed by atoms with van der Waals surface area (Å²) in [4.78, 5) is 41.0. The van der Waals surface area contributed by atoms with Gasteiger partial charge in [-0.3, -0.25) is 9.59 Å². The average molecular weight is 548 g/mol. The van der Waals surface area contributed by atoms with E-state index >= 15 is 0 Å². The Labute approximate surface area is 232 Å². The summed E-state index contributed by atoms with van der Waals surface area (Å²) in [6.07, 6.45) is 0. The Morgan fingerprint density at radius 1 is 1.05 bits per heavy atom. The number of thioether (sulfide) groups is 1. The molecule has 0 aromatic heterocycles. The molecular formula is C29H33N5O4S. The number of benzene rings is 3. The molecule has 0 saturated heterocycles. The second-order valence-electron chi connectivity index (χ2n) is 9.84. The van der Waals surface area contributed by atoms with Crippen molar-refractivity contribution in [3.05, 3.63) is 83.9 Å². The van der Waals surface area contributed by atoms with Crippen LogP contribution in [-0.4, -0.2) is 51.9 Å². The van der Waals surface area contributed by atoms with Gasteiger partial charge >= 0.3 is 6.03 Å². The highest BCUT2D eigenvalue weighted by molar-refractivity contribution is 8.00. The van der Waals surface area contributed by atoms with E-state index in [0.717, 1.165) is 27.1 Å². The lowest BCUT2D eigenvalue weighted by Crippen LogP contribution is -2.54. The smallest absolute Gasteiger partial charge is 0.319 e. The van der Waals surface area contributed by atoms with Crippen molar-refractivity contribution in [2.24, 2.45) is 5.73 Å². The maximum atomic E-state index is 13.6. The van der Waals surface area contributed by atoms with Gasteiger partial charge in [-0.05, 0) is 42.7 Å². The molecule has 3 aromatic rings. The van der Waals surface area contributed by atoms with Gasteiger partial charge in [0.15, 0.2) is 5.37 Å². The zero-order valence-electron chi connectivity index (χ0n) is 21.9. The number of carbonyl (C=O) groups excluding carboxylic acids is 3. The molecule has 0 fully saturated rings. The van der Waals surface area contributed by atoms with Crippen LogP contribution >= 0.6 is 11.8 Å². The van der Waals surface area contributed by atoms with Crippen LogP contribution in [0.5, 0.6) is 0 Å². The Hall–Kier alpha value is -3.86. The van der Waals surface area contributed by atoms with E-state index in [-0.39, 0.29) is 19.1 Å². The number of nitrogens with two attached hydrogens (primary N) is 1. The number of hydrogen-bond acceptors (Lipinski definition) is 6. The first-order valence-electron chi connectivity index (χ1n) is 12.6. The van der Waals surface area contributed by atoms with Gasteiger partial charge in [0, 0.05) is 30.1 Å². The zero-order valence-corrected chi connectivity index (χ0v) is 22.8. The number of aliphatic hydroxyl groups is 1. The van der Waals surface area contributed by atoms with Gasteiger partial charge < -0.3 is 31.7 Å². The van der Waals surface area contributed by atoms with Crippen molar-refractivity contribution >= 4 is 35.3 Å². The third-order valence-electron chi connectivity index (χ3n) is 6.17. The summed E-state index contributed by atoms with van der Waals surface area (Å²) in [5.41, 5.74) is 9.17. The number of nitrogens with one attached hydrogen (secondary N) is 3. The number of amides is 4. The van der Waals surface area contributed by atoms with Gasteiger partial charge in [0.25, 0.3) is 5.91 Å². The molecule has 0 spiro atoms. The SMILES string of the molecule is CC(C)(N)C(=O)N[C@@H]1Sc2ccccc2CN(Cc2ccc(-c3ccccc3NC(=O)NCCO)cc2)C1=O. The molecule has 4 amide bonds. The van der Waals surface area contributed by atoms with Crippen LogP contribution < -0.4 is 21.7 Å². The van der Waals surface area contributed by atoms with Crippen LogP contribution in [0.25, 0.3) is 11.1 Å². The lowest BCUT2D eigenvalue weighted by Gasteiger charge is -2.27. The molecule has 9 nitrogen and oxygen atoms in total. The number of hydrogen-bond donors (Lipinski definition) is 5. The summed E-state index contributed by atoms with van der Waals surface area (Å²) in [5, 5.41) is 16.4. The van der Waals surface area contributed by atoms with E-state index < -0.39 is 22.9 Å². The molecule has 4 rings (SSSR count). The fourth-order valence-corrected chi connectivity index (χ4v) is 5.21. The second-order valence-corrected chi connectivity index (χ2v) is 11.0. The number of para-hydroxylation sites is 1. The number of carbonyl (C=O) groups is 3. The van der Waals surface area contributed by atoms with E-state index in [1.807, 2.05) is 72.8 Å². The molecule has 204 valence electrons. The van der Waals surface area contributed by atoms with Crippen molar-refractivity contribution in [3.63, 3.8) is 0 Å². The summed E-state index contributed by atoms with van der Waals surface area (Å²) in [7, 11) is 0. The van der Waals surface area contributed by atoms with Gasteiger partial charge in [-0.15, -0.1) is 0 Å². The van der Waals surface area contributed by atoms with Gasteiger partial charge in [0.2, 0.25) is 5.91 Å². The van der Waals surface area contributed by atoms with Crippen LogP contribution in [-0.2, 0) is 22.7 Å². The molecular weight excluding hydrogens is 514 g/mol. The summed E-state index contributed by atoms with van der Waals surface area (Å²) in [6.45, 7) is 4.01. The number of nitrogens with zero attached hydrogens (tertiary/aromatic N) is 1. The van der Waals surface area contributed by atoms with Crippen LogP contribution in [0, 0.1) is 0 Å². The molecule has 3 aromatic carbocycles. The highest BCUT2D eigenvalue weighted by atomic mass is 32.2. The topological polar surface area (TPSA) is 137 Å². The van der Waals surface area contributed by atoms with E-state index in [4.69, 9.17) is 10.8 Å². The molecule has 39 heavy (non-hydrogen) atoms. The zero-order chi connectivity index (χ0) is 28.0. The van der Waals surface area contributed by atoms with Crippen molar-refractivity contribution in [1.82, 2.24) is 15.5 Å². The Morgan fingerprint density at radius 3 is 2.46 bits per heavy atom. The third-order valence-corrected chi connectivity index (χ3v) is 7.38. The van der Waals surface area contributed by atoms with E-state index in [0.29, 0.717) is 18.8 Å². The molecule has 0 aliphatic carbocycles. The Bertz CT molecular complexity index is 1340. The lowest BCUT2D eigenvalue weighted by molar-refractivity contribution is -0.135. The lowest BCUT2D eigenvalue weighted by atomic mass is 10.0. The Morgan fingerprint density at radius 2 is 1.74 bits per heavy atom. The molecule has 0 unspecified atom stereocenters. The van der Waals surface area contributed by atoms with Gasteiger partial charge in [-0.1, -0.05) is 72.4 Å². The van der Waals surface area contributed by atoms with Crippen molar-refractivity contribution < 1.29 is 19.5 Å². The summed E-state index contributed by atoms with van der Waals surface area (Å²) in [6, 6.07) is 22.6. The largest absolute Gasteiger partial charge is 0.395 e. The van der Waals surface area contributed by atoms with Crippen molar-refractivity contribution in [2.75, 3.05) is 18.5 Å². The highest BCUT2D eigenvalue weighted by Crippen LogP contribution is 2.33. The molecule has 1 atom stereocenters. The van der Waals surface area contributed by atoms with Crippen LogP contribution in [0.1, 0.15) is 25.0 Å². The minimum absolute atomic E-state index is 0.140. The molecule has 1 aliphatic rings. The summed E-state index contributed by atoms with van der Waals surface area (Å²) < 4.78 is 0. The van der Waals surface area contributed by atoms with Crippen LogP contribution in [0.15, 0.2) is 77.7 Å². The fraction of sp³-hybridized carbons (Fsp3) is 0.276. The maximum absolute atomic E-state index is 13.6. The second kappa shape index (κ2) is 12.3. The van der Waals surface area contributed by atoms with Gasteiger partial charge in [0.1, 0.15) is 0 Å². The molecule has 0 bridgehead atoms. The van der Waals surface area contributed by atoms with Crippen molar-refractivity contribution in [3.8, 4) is 11.1 Å². The standard InChI is InChI=1S/C29H33N5O4S/c1-29(2,30)27(37)33-25-26(36)34(18-21-7-3-6-10-24(21)39-25)17-19-11-13-20(14-12-19)22-8-4-5-9-23(22)32-28(38)31-15-16-35/h3-14,25,35H,15-18,30H2,1-2H3,(H,33,37)(H2,31,32,38)/t25-/m1/s1.